The summed E-state index contributed by atoms with van der Waals surface area (Å²) in [6.07, 6.45) is 1.70. The number of para-hydroxylation sites is 1. The largest absolute Gasteiger partial charge is 0.274 e. The molecule has 124 valence electrons. The standard InChI is InChI=1S/C19H15ClN4O/c1-13-17(18(20)24(22-13)15-8-3-2-4-9-15)12-23-19(25)16-10-6-5-7-14(16)11-21-23/h2-11H,12H2,1H3. The van der Waals surface area contributed by atoms with Gasteiger partial charge in [0.15, 0.2) is 0 Å². The zero-order chi connectivity index (χ0) is 17.4. The Bertz CT molecular complexity index is 1120. The Kier molecular flexibility index (Phi) is 3.86. The predicted octanol–water partition coefficient (Wildman–Crippen LogP) is 3.59. The lowest BCUT2D eigenvalue weighted by Crippen LogP contribution is -2.23. The third-order valence-corrected chi connectivity index (χ3v) is 4.58. The lowest BCUT2D eigenvalue weighted by molar-refractivity contribution is 0.645. The number of hydrogen-bond acceptors (Lipinski definition) is 3. The van der Waals surface area contributed by atoms with Crippen molar-refractivity contribution in [3.05, 3.63) is 87.6 Å². The molecule has 0 saturated carbocycles. The van der Waals surface area contributed by atoms with Gasteiger partial charge in [0.2, 0.25) is 0 Å². The molecule has 5 nitrogen and oxygen atoms in total. The lowest BCUT2D eigenvalue weighted by atomic mass is 10.2. The van der Waals surface area contributed by atoms with E-state index in [-0.39, 0.29) is 12.1 Å². The van der Waals surface area contributed by atoms with Crippen molar-refractivity contribution in [1.82, 2.24) is 19.6 Å². The van der Waals surface area contributed by atoms with Crippen LogP contribution in [0.4, 0.5) is 0 Å². The highest BCUT2D eigenvalue weighted by atomic mass is 35.5. The Hall–Kier alpha value is -2.92. The van der Waals surface area contributed by atoms with Crippen LogP contribution in [0.5, 0.6) is 0 Å². The molecule has 0 spiro atoms. The van der Waals surface area contributed by atoms with Crippen LogP contribution in [0.1, 0.15) is 11.3 Å². The summed E-state index contributed by atoms with van der Waals surface area (Å²) >= 11 is 6.54. The minimum absolute atomic E-state index is 0.138. The molecule has 25 heavy (non-hydrogen) atoms. The zero-order valence-electron chi connectivity index (χ0n) is 13.6. The first kappa shape index (κ1) is 15.6. The van der Waals surface area contributed by atoms with E-state index in [4.69, 9.17) is 11.6 Å². The van der Waals surface area contributed by atoms with Crippen LogP contribution in [0.3, 0.4) is 0 Å². The summed E-state index contributed by atoms with van der Waals surface area (Å²) in [5.74, 6) is 0. The number of benzene rings is 2. The molecule has 4 rings (SSSR count). The molecule has 0 bridgehead atoms. The average molecular weight is 351 g/mol. The monoisotopic (exact) mass is 350 g/mol. The second-order valence-electron chi connectivity index (χ2n) is 5.80. The van der Waals surface area contributed by atoms with Gasteiger partial charge in [-0.2, -0.15) is 10.2 Å². The van der Waals surface area contributed by atoms with Gasteiger partial charge >= 0.3 is 0 Å². The second kappa shape index (κ2) is 6.18. The maximum Gasteiger partial charge on any atom is 0.274 e. The van der Waals surface area contributed by atoms with Gasteiger partial charge in [0.05, 0.1) is 29.5 Å². The van der Waals surface area contributed by atoms with Crippen LogP contribution in [0.15, 0.2) is 65.6 Å². The molecule has 0 N–H and O–H groups in total. The van der Waals surface area contributed by atoms with Gasteiger partial charge in [-0.15, -0.1) is 0 Å². The minimum Gasteiger partial charge on any atom is -0.267 e. The van der Waals surface area contributed by atoms with Crippen molar-refractivity contribution in [2.45, 2.75) is 13.5 Å². The van der Waals surface area contributed by atoms with Crippen LogP contribution in [-0.2, 0) is 6.54 Å². The van der Waals surface area contributed by atoms with Gasteiger partial charge in [-0.1, -0.05) is 48.0 Å². The summed E-state index contributed by atoms with van der Waals surface area (Å²) in [6.45, 7) is 2.16. The summed E-state index contributed by atoms with van der Waals surface area (Å²) in [7, 11) is 0. The van der Waals surface area contributed by atoms with Crippen LogP contribution in [0.25, 0.3) is 16.5 Å². The third kappa shape index (κ3) is 2.72. The molecule has 2 heterocycles. The molecule has 0 saturated heterocycles. The molecule has 0 fully saturated rings. The smallest absolute Gasteiger partial charge is 0.267 e. The number of rotatable bonds is 3. The summed E-state index contributed by atoms with van der Waals surface area (Å²) in [4.78, 5) is 12.7. The van der Waals surface area contributed by atoms with Crippen molar-refractivity contribution in [3.8, 4) is 5.69 Å². The highest BCUT2D eigenvalue weighted by Crippen LogP contribution is 2.24. The molecule has 0 amide bonds. The van der Waals surface area contributed by atoms with Gasteiger partial charge < -0.3 is 0 Å². The Morgan fingerprint density at radius 2 is 1.76 bits per heavy atom. The number of hydrogen-bond donors (Lipinski definition) is 0. The average Bonchev–Trinajstić information content (AvgIpc) is 2.93. The van der Waals surface area contributed by atoms with Gasteiger partial charge in [0, 0.05) is 10.9 Å². The summed E-state index contributed by atoms with van der Waals surface area (Å²) in [5, 5.41) is 10.7. The van der Waals surface area contributed by atoms with Gasteiger partial charge in [-0.3, -0.25) is 4.79 Å². The lowest BCUT2D eigenvalue weighted by Gasteiger charge is -2.06. The quantitative estimate of drug-likeness (QED) is 0.567. The second-order valence-corrected chi connectivity index (χ2v) is 6.15. The number of halogens is 1. The maximum absolute atomic E-state index is 12.7. The predicted molar refractivity (Wildman–Crippen MR) is 98.4 cm³/mol. The van der Waals surface area contributed by atoms with Crippen molar-refractivity contribution >= 4 is 22.4 Å². The molecule has 2 aromatic carbocycles. The molecule has 0 atom stereocenters. The number of aromatic nitrogens is 4. The van der Waals surface area contributed by atoms with Crippen molar-refractivity contribution in [3.63, 3.8) is 0 Å². The first-order valence-corrected chi connectivity index (χ1v) is 8.27. The third-order valence-electron chi connectivity index (χ3n) is 4.19. The molecule has 2 aromatic heterocycles. The van der Waals surface area contributed by atoms with Gasteiger partial charge in [-0.05, 0) is 25.1 Å². The van der Waals surface area contributed by atoms with Crippen molar-refractivity contribution in [1.29, 1.82) is 0 Å². The number of aryl methyl sites for hydroxylation is 1. The fraction of sp³-hybridized carbons (Fsp3) is 0.105. The summed E-state index contributed by atoms with van der Waals surface area (Å²) < 4.78 is 3.10. The zero-order valence-corrected chi connectivity index (χ0v) is 14.3. The van der Waals surface area contributed by atoms with Gasteiger partial charge in [0.1, 0.15) is 5.15 Å². The SMILES string of the molecule is Cc1nn(-c2ccccc2)c(Cl)c1Cn1ncc2ccccc2c1=O. The van der Waals surface area contributed by atoms with E-state index in [2.05, 4.69) is 10.2 Å². The van der Waals surface area contributed by atoms with E-state index in [1.807, 2.05) is 55.5 Å². The molecule has 0 aliphatic rings. The fourth-order valence-corrected chi connectivity index (χ4v) is 3.17. The van der Waals surface area contributed by atoms with Crippen LogP contribution in [0, 0.1) is 6.92 Å². The van der Waals surface area contributed by atoms with Crippen LogP contribution < -0.4 is 5.56 Å². The molecule has 0 aliphatic heterocycles. The first-order valence-electron chi connectivity index (χ1n) is 7.89. The van der Waals surface area contributed by atoms with E-state index < -0.39 is 0 Å². The summed E-state index contributed by atoms with van der Waals surface area (Å²) in [6, 6.07) is 17.1. The van der Waals surface area contributed by atoms with Crippen LogP contribution in [0.2, 0.25) is 5.15 Å². The molecular formula is C19H15ClN4O. The van der Waals surface area contributed by atoms with E-state index in [1.54, 1.807) is 16.9 Å². The van der Waals surface area contributed by atoms with E-state index in [1.165, 1.54) is 4.68 Å². The maximum atomic E-state index is 12.7. The van der Waals surface area contributed by atoms with E-state index in [9.17, 15) is 4.79 Å². The van der Waals surface area contributed by atoms with Crippen LogP contribution in [-0.4, -0.2) is 19.6 Å². The number of nitrogens with zero attached hydrogens (tertiary/aromatic N) is 4. The van der Waals surface area contributed by atoms with E-state index in [0.29, 0.717) is 10.5 Å². The Morgan fingerprint density at radius 3 is 2.56 bits per heavy atom. The van der Waals surface area contributed by atoms with E-state index in [0.717, 1.165) is 22.3 Å². The number of fused-ring (bicyclic) bond motifs is 1. The molecule has 4 aromatic rings. The minimum atomic E-state index is -0.138. The highest BCUT2D eigenvalue weighted by molar-refractivity contribution is 6.30. The Balaban J connectivity index is 1.79. The highest BCUT2D eigenvalue weighted by Gasteiger charge is 2.16. The Labute approximate surface area is 149 Å². The molecule has 6 heteroatoms. The van der Waals surface area contributed by atoms with Gasteiger partial charge in [-0.25, -0.2) is 9.36 Å². The molecule has 0 radical (unpaired) electrons. The first-order chi connectivity index (χ1) is 12.1. The topological polar surface area (TPSA) is 52.7 Å². The van der Waals surface area contributed by atoms with Crippen molar-refractivity contribution in [2.75, 3.05) is 0 Å². The molecule has 0 unspecified atom stereocenters. The van der Waals surface area contributed by atoms with Gasteiger partial charge in [0.25, 0.3) is 5.56 Å². The molecule has 0 aliphatic carbocycles. The van der Waals surface area contributed by atoms with Crippen molar-refractivity contribution in [2.24, 2.45) is 0 Å². The van der Waals surface area contributed by atoms with Crippen LogP contribution >= 0.6 is 11.6 Å². The fourth-order valence-electron chi connectivity index (χ4n) is 2.84. The normalized spacial score (nSPS) is 11.1. The summed E-state index contributed by atoms with van der Waals surface area (Å²) in [5.41, 5.74) is 2.30. The Morgan fingerprint density at radius 1 is 1.04 bits per heavy atom. The van der Waals surface area contributed by atoms with Crippen molar-refractivity contribution < 1.29 is 0 Å². The molecular weight excluding hydrogens is 336 g/mol. The van der Waals surface area contributed by atoms with E-state index >= 15 is 0 Å².